The average Bonchev–Trinajstić information content (AvgIpc) is 2.99. The van der Waals surface area contributed by atoms with Gasteiger partial charge in [0.05, 0.1) is 25.0 Å². The molecule has 114 valence electrons. The first-order valence-corrected chi connectivity index (χ1v) is 7.60. The zero-order valence-corrected chi connectivity index (χ0v) is 13.9. The third-order valence-electron chi connectivity index (χ3n) is 3.15. The Kier molecular flexibility index (Phi) is 6.07. The minimum absolute atomic E-state index is 0.723. The summed E-state index contributed by atoms with van der Waals surface area (Å²) in [5.74, 6) is 1.46. The van der Waals surface area contributed by atoms with E-state index in [9.17, 15) is 0 Å². The van der Waals surface area contributed by atoms with E-state index < -0.39 is 0 Å². The summed E-state index contributed by atoms with van der Waals surface area (Å²) in [5, 5.41) is 3.43. The molecular formula is C15H20BrN3O2. The van der Waals surface area contributed by atoms with E-state index in [1.54, 1.807) is 20.4 Å². The van der Waals surface area contributed by atoms with Gasteiger partial charge in [-0.15, -0.1) is 0 Å². The van der Waals surface area contributed by atoms with E-state index in [0.29, 0.717) is 0 Å². The van der Waals surface area contributed by atoms with Gasteiger partial charge in [-0.2, -0.15) is 0 Å². The summed E-state index contributed by atoms with van der Waals surface area (Å²) in [5.41, 5.74) is 1.15. The number of nitrogens with zero attached hydrogens (tertiary/aromatic N) is 2. The van der Waals surface area contributed by atoms with Gasteiger partial charge in [-0.25, -0.2) is 4.98 Å². The summed E-state index contributed by atoms with van der Waals surface area (Å²) >= 11 is 3.50. The first kappa shape index (κ1) is 15.9. The lowest BCUT2D eigenvalue weighted by atomic mass is 10.2. The van der Waals surface area contributed by atoms with E-state index >= 15 is 0 Å². The van der Waals surface area contributed by atoms with Gasteiger partial charge in [-0.1, -0.05) is 0 Å². The zero-order chi connectivity index (χ0) is 15.1. The van der Waals surface area contributed by atoms with E-state index in [-0.39, 0.29) is 0 Å². The number of aryl methyl sites for hydroxylation is 1. The van der Waals surface area contributed by atoms with Crippen molar-refractivity contribution in [2.45, 2.75) is 19.5 Å². The number of imidazole rings is 1. The van der Waals surface area contributed by atoms with E-state index in [1.807, 2.05) is 24.7 Å². The third kappa shape index (κ3) is 4.47. The Hall–Kier alpha value is -1.53. The molecule has 0 aliphatic carbocycles. The van der Waals surface area contributed by atoms with Crippen LogP contribution in [0.25, 0.3) is 0 Å². The SMILES string of the molecule is COc1cc(CNCCCn2ccnc2)cc(Br)c1OC. The van der Waals surface area contributed by atoms with E-state index in [1.165, 1.54) is 0 Å². The second-order valence-corrected chi connectivity index (χ2v) is 5.50. The fourth-order valence-electron chi connectivity index (χ4n) is 2.11. The summed E-state index contributed by atoms with van der Waals surface area (Å²) in [6, 6.07) is 4.04. The summed E-state index contributed by atoms with van der Waals surface area (Å²) in [6.07, 6.45) is 6.68. The molecule has 2 aromatic rings. The molecule has 0 amide bonds. The molecule has 0 radical (unpaired) electrons. The predicted molar refractivity (Wildman–Crippen MR) is 85.8 cm³/mol. The van der Waals surface area contributed by atoms with Gasteiger partial charge >= 0.3 is 0 Å². The molecule has 5 nitrogen and oxygen atoms in total. The maximum Gasteiger partial charge on any atom is 0.174 e. The number of aromatic nitrogens is 2. The Morgan fingerprint density at radius 3 is 2.81 bits per heavy atom. The highest BCUT2D eigenvalue weighted by molar-refractivity contribution is 9.10. The minimum Gasteiger partial charge on any atom is -0.493 e. The molecule has 1 aromatic carbocycles. The molecule has 0 bridgehead atoms. The molecule has 0 aliphatic heterocycles. The van der Waals surface area contributed by atoms with E-state index in [4.69, 9.17) is 9.47 Å². The largest absolute Gasteiger partial charge is 0.493 e. The van der Waals surface area contributed by atoms with Gasteiger partial charge in [-0.05, 0) is 46.6 Å². The molecule has 0 atom stereocenters. The van der Waals surface area contributed by atoms with Crippen LogP contribution in [-0.4, -0.2) is 30.3 Å². The quantitative estimate of drug-likeness (QED) is 0.741. The van der Waals surface area contributed by atoms with Crippen molar-refractivity contribution >= 4 is 15.9 Å². The van der Waals surface area contributed by atoms with Crippen LogP contribution in [-0.2, 0) is 13.1 Å². The Morgan fingerprint density at radius 2 is 2.14 bits per heavy atom. The summed E-state index contributed by atoms with van der Waals surface area (Å²) in [4.78, 5) is 4.03. The van der Waals surface area contributed by atoms with Gasteiger partial charge in [0.15, 0.2) is 11.5 Å². The molecule has 0 fully saturated rings. The average molecular weight is 354 g/mol. The lowest BCUT2D eigenvalue weighted by Gasteiger charge is -2.12. The number of benzene rings is 1. The topological polar surface area (TPSA) is 48.3 Å². The monoisotopic (exact) mass is 353 g/mol. The molecular weight excluding hydrogens is 334 g/mol. The van der Waals surface area contributed by atoms with Crippen molar-refractivity contribution in [3.63, 3.8) is 0 Å². The van der Waals surface area contributed by atoms with E-state index in [2.05, 4.69) is 30.8 Å². The maximum atomic E-state index is 5.34. The van der Waals surface area contributed by atoms with Gasteiger partial charge in [0.2, 0.25) is 0 Å². The molecule has 2 rings (SSSR count). The van der Waals surface area contributed by atoms with Crippen molar-refractivity contribution in [2.24, 2.45) is 0 Å². The van der Waals surface area contributed by atoms with Crippen molar-refractivity contribution in [1.29, 1.82) is 0 Å². The summed E-state index contributed by atoms with van der Waals surface area (Å²) in [6.45, 7) is 2.72. The molecule has 6 heteroatoms. The molecule has 1 aromatic heterocycles. The number of methoxy groups -OCH3 is 2. The van der Waals surface area contributed by atoms with Crippen LogP contribution in [0.2, 0.25) is 0 Å². The summed E-state index contributed by atoms with van der Waals surface area (Å²) < 4.78 is 13.6. The first-order valence-electron chi connectivity index (χ1n) is 6.81. The van der Waals surface area contributed by atoms with Crippen LogP contribution >= 0.6 is 15.9 Å². The maximum absolute atomic E-state index is 5.34. The molecule has 21 heavy (non-hydrogen) atoms. The Bertz CT molecular complexity index is 558. The lowest BCUT2D eigenvalue weighted by Crippen LogP contribution is -2.16. The van der Waals surface area contributed by atoms with Crippen LogP contribution in [0.4, 0.5) is 0 Å². The van der Waals surface area contributed by atoms with Crippen LogP contribution < -0.4 is 14.8 Å². The van der Waals surface area contributed by atoms with E-state index in [0.717, 1.165) is 47.6 Å². The van der Waals surface area contributed by atoms with Crippen molar-refractivity contribution in [2.75, 3.05) is 20.8 Å². The molecule has 0 aliphatic rings. The third-order valence-corrected chi connectivity index (χ3v) is 3.74. The molecule has 1 heterocycles. The smallest absolute Gasteiger partial charge is 0.174 e. The van der Waals surface area contributed by atoms with Crippen LogP contribution in [0.3, 0.4) is 0 Å². The van der Waals surface area contributed by atoms with Gasteiger partial charge in [0.25, 0.3) is 0 Å². The number of rotatable bonds is 8. The van der Waals surface area contributed by atoms with Crippen LogP contribution in [0, 0.1) is 0 Å². The second-order valence-electron chi connectivity index (χ2n) is 4.64. The molecule has 0 saturated heterocycles. The van der Waals surface area contributed by atoms with Gasteiger partial charge in [-0.3, -0.25) is 0 Å². The van der Waals surface area contributed by atoms with Gasteiger partial charge < -0.3 is 19.4 Å². The van der Waals surface area contributed by atoms with Crippen molar-refractivity contribution in [3.05, 3.63) is 40.9 Å². The number of ether oxygens (including phenoxy) is 2. The lowest BCUT2D eigenvalue weighted by molar-refractivity contribution is 0.352. The van der Waals surface area contributed by atoms with Crippen molar-refractivity contribution < 1.29 is 9.47 Å². The zero-order valence-electron chi connectivity index (χ0n) is 12.3. The first-order chi connectivity index (χ1) is 10.2. The van der Waals surface area contributed by atoms with Crippen molar-refractivity contribution in [3.8, 4) is 11.5 Å². The Labute approximate surface area is 133 Å². The van der Waals surface area contributed by atoms with Crippen LogP contribution in [0.15, 0.2) is 35.3 Å². The highest BCUT2D eigenvalue weighted by atomic mass is 79.9. The molecule has 0 spiro atoms. The second kappa shape index (κ2) is 8.05. The normalized spacial score (nSPS) is 10.6. The number of nitrogens with one attached hydrogen (secondary N) is 1. The predicted octanol–water partition coefficient (Wildman–Crippen LogP) is 2.84. The molecule has 0 saturated carbocycles. The number of hydrogen-bond donors (Lipinski definition) is 1. The number of hydrogen-bond acceptors (Lipinski definition) is 4. The highest BCUT2D eigenvalue weighted by Crippen LogP contribution is 2.36. The highest BCUT2D eigenvalue weighted by Gasteiger charge is 2.10. The van der Waals surface area contributed by atoms with Crippen LogP contribution in [0.1, 0.15) is 12.0 Å². The summed E-state index contributed by atoms with van der Waals surface area (Å²) in [7, 11) is 3.28. The van der Waals surface area contributed by atoms with Crippen LogP contribution in [0.5, 0.6) is 11.5 Å². The van der Waals surface area contributed by atoms with Crippen molar-refractivity contribution in [1.82, 2.24) is 14.9 Å². The Balaban J connectivity index is 1.81. The van der Waals surface area contributed by atoms with Gasteiger partial charge in [0, 0.05) is 25.5 Å². The Morgan fingerprint density at radius 1 is 1.29 bits per heavy atom. The minimum atomic E-state index is 0.723. The standard InChI is InChI=1S/C15H20BrN3O2/c1-20-14-9-12(8-13(16)15(14)21-2)10-17-4-3-6-19-7-5-18-11-19/h5,7-9,11,17H,3-4,6,10H2,1-2H3. The molecule has 1 N–H and O–H groups in total. The van der Waals surface area contributed by atoms with Gasteiger partial charge in [0.1, 0.15) is 0 Å². The molecule has 0 unspecified atom stereocenters. The number of halogens is 1. The fourth-order valence-corrected chi connectivity index (χ4v) is 2.76. The fraction of sp³-hybridized carbons (Fsp3) is 0.400.